The Balaban J connectivity index is 1.57. The average molecular weight is 695 g/mol. The smallest absolute Gasteiger partial charge is 0.187 e. The van der Waals surface area contributed by atoms with Crippen molar-refractivity contribution in [3.63, 3.8) is 0 Å². The normalized spacial score (nSPS) is 51.2. The second-order valence-corrected chi connectivity index (χ2v) is 11.6. The number of hydrogen-bond acceptors (Lipinski definition) is 21. The van der Waals surface area contributed by atoms with Gasteiger partial charge in [-0.05, 0) is 0 Å². The van der Waals surface area contributed by atoms with Crippen LogP contribution in [0.25, 0.3) is 0 Å². The molecule has 12 N–H and O–H groups in total. The largest absolute Gasteiger partial charge is 0.394 e. The van der Waals surface area contributed by atoms with Crippen molar-refractivity contribution in [1.29, 1.82) is 0 Å². The summed E-state index contributed by atoms with van der Waals surface area (Å²) >= 11 is 0. The predicted molar refractivity (Wildman–Crippen MR) is 143 cm³/mol. The number of aliphatic hydroxyl groups excluding tert-OH is 12. The van der Waals surface area contributed by atoms with E-state index in [0.29, 0.717) is 0 Å². The van der Waals surface area contributed by atoms with E-state index in [-0.39, 0.29) is 0 Å². The van der Waals surface area contributed by atoms with Gasteiger partial charge in [-0.1, -0.05) is 0 Å². The molecule has 0 aliphatic carbocycles. The predicted octanol–water partition coefficient (Wildman–Crippen LogP) is -8.44. The fraction of sp³-hybridized carbons (Fsp3) is 1.00. The van der Waals surface area contributed by atoms with Crippen molar-refractivity contribution >= 4 is 0 Å². The molecule has 21 nitrogen and oxygen atoms in total. The van der Waals surface area contributed by atoms with Crippen molar-refractivity contribution in [3.05, 3.63) is 0 Å². The van der Waals surface area contributed by atoms with E-state index in [1.807, 2.05) is 0 Å². The summed E-state index contributed by atoms with van der Waals surface area (Å²) in [4.78, 5) is 0. The number of hydrogen-bond donors (Lipinski definition) is 12. The molecule has 0 aromatic carbocycles. The highest BCUT2D eigenvalue weighted by Crippen LogP contribution is 2.33. The molecule has 20 atom stereocenters. The van der Waals surface area contributed by atoms with E-state index in [0.717, 1.165) is 0 Å². The Labute approximate surface area is 267 Å². The third kappa shape index (κ3) is 8.06. The molecule has 0 aromatic heterocycles. The molecule has 4 saturated heterocycles. The van der Waals surface area contributed by atoms with E-state index in [2.05, 4.69) is 0 Å². The molecule has 0 radical (unpaired) electrons. The first-order valence-corrected chi connectivity index (χ1v) is 14.9. The number of rotatable bonds is 12. The summed E-state index contributed by atoms with van der Waals surface area (Å²) in [6, 6.07) is 0. The monoisotopic (exact) mass is 694 g/mol. The van der Waals surface area contributed by atoms with Gasteiger partial charge in [-0.2, -0.15) is 0 Å². The summed E-state index contributed by atoms with van der Waals surface area (Å²) in [6.45, 7) is -2.83. The van der Waals surface area contributed by atoms with Crippen molar-refractivity contribution in [2.24, 2.45) is 0 Å². The standard InChI is InChI=1S/C26H46O21/c1-39-19-7(3-27)43-24(16(35)12(19)31)41-6-10-22(47-25-17(36)13(32)20(40-2)8(4-28)44-25)14(33)18(37)26(45-10)46-21-9(5-29)42-23(38)15(34)11(21)30/h7-38H,3-6H2,1-2H3/t7?,8?,9?,10?,11-,12-,13-,14-,15?,16?,17?,18?,19-,20-,21-,22-,23+,24-,25-,26-/m0/s1. The minimum Gasteiger partial charge on any atom is -0.394 e. The van der Waals surface area contributed by atoms with Crippen LogP contribution in [0.15, 0.2) is 0 Å². The zero-order valence-corrected chi connectivity index (χ0v) is 25.4. The van der Waals surface area contributed by atoms with Crippen molar-refractivity contribution in [2.45, 2.75) is 123 Å². The molecule has 0 bridgehead atoms. The maximum atomic E-state index is 11.2. The lowest BCUT2D eigenvalue weighted by molar-refractivity contribution is -0.383. The van der Waals surface area contributed by atoms with Crippen LogP contribution in [0.5, 0.6) is 0 Å². The van der Waals surface area contributed by atoms with Gasteiger partial charge in [0.05, 0.1) is 26.4 Å². The van der Waals surface area contributed by atoms with Gasteiger partial charge >= 0.3 is 0 Å². The average Bonchev–Trinajstić information content (AvgIpc) is 3.06. The molecule has 8 unspecified atom stereocenters. The van der Waals surface area contributed by atoms with E-state index < -0.39 is 149 Å². The van der Waals surface area contributed by atoms with Crippen LogP contribution in [0.2, 0.25) is 0 Å². The minimum absolute atomic E-state index is 0.638. The van der Waals surface area contributed by atoms with Crippen molar-refractivity contribution in [1.82, 2.24) is 0 Å². The molecule has 47 heavy (non-hydrogen) atoms. The molecule has 0 aromatic rings. The topological polar surface area (TPSA) is 326 Å². The third-order valence-electron chi connectivity index (χ3n) is 8.67. The van der Waals surface area contributed by atoms with Gasteiger partial charge in [0.15, 0.2) is 25.2 Å². The van der Waals surface area contributed by atoms with Gasteiger partial charge in [0.2, 0.25) is 0 Å². The summed E-state index contributed by atoms with van der Waals surface area (Å²) in [5.74, 6) is 0. The second kappa shape index (κ2) is 16.9. The molecule has 21 heteroatoms. The van der Waals surface area contributed by atoms with Crippen LogP contribution in [-0.4, -0.2) is 225 Å². The lowest BCUT2D eigenvalue weighted by atomic mass is 9.96. The van der Waals surface area contributed by atoms with Gasteiger partial charge in [-0.15, -0.1) is 0 Å². The number of methoxy groups -OCH3 is 2. The van der Waals surface area contributed by atoms with Gasteiger partial charge in [0.25, 0.3) is 0 Å². The van der Waals surface area contributed by atoms with Crippen LogP contribution in [-0.2, 0) is 42.6 Å². The van der Waals surface area contributed by atoms with Crippen molar-refractivity contribution < 1.29 is 104 Å². The summed E-state index contributed by atoms with van der Waals surface area (Å²) in [6.07, 6.45) is -32.7. The number of ether oxygens (including phenoxy) is 9. The van der Waals surface area contributed by atoms with Crippen LogP contribution in [0.1, 0.15) is 0 Å². The minimum atomic E-state index is -2.02. The van der Waals surface area contributed by atoms with E-state index in [4.69, 9.17) is 42.6 Å². The van der Waals surface area contributed by atoms with Gasteiger partial charge in [-0.25, -0.2) is 0 Å². The first-order valence-electron chi connectivity index (χ1n) is 14.9. The molecule has 4 fully saturated rings. The highest BCUT2D eigenvalue weighted by molar-refractivity contribution is 4.97. The molecule has 0 saturated carbocycles. The first kappa shape index (κ1) is 39.0. The summed E-state index contributed by atoms with van der Waals surface area (Å²) in [5.41, 5.74) is 0. The Morgan fingerprint density at radius 3 is 1.26 bits per heavy atom. The molecule has 4 aliphatic heterocycles. The van der Waals surface area contributed by atoms with Crippen LogP contribution >= 0.6 is 0 Å². The molecule has 4 rings (SSSR count). The highest BCUT2D eigenvalue weighted by Gasteiger charge is 2.54. The summed E-state index contributed by atoms with van der Waals surface area (Å²) in [7, 11) is 2.43. The molecule has 4 aliphatic rings. The molecule has 276 valence electrons. The molecule has 0 amide bonds. The highest BCUT2D eigenvalue weighted by atomic mass is 16.8. The Morgan fingerprint density at radius 2 is 0.787 bits per heavy atom. The lowest BCUT2D eigenvalue weighted by Gasteiger charge is -2.48. The molecule has 0 spiro atoms. The fourth-order valence-corrected chi connectivity index (χ4v) is 5.99. The van der Waals surface area contributed by atoms with Gasteiger partial charge in [0, 0.05) is 14.2 Å². The van der Waals surface area contributed by atoms with Gasteiger partial charge in [0.1, 0.15) is 97.7 Å². The third-order valence-corrected chi connectivity index (χ3v) is 8.67. The molecule has 4 heterocycles. The SMILES string of the molecule is CO[C@H]1C(CO)O[C@H](OCC2O[C@@H](O[C@H]3C(CO)O[C@@H](O)C(O)[C@@H]3O)C(O)[C@H](O)[C@H]2O[C@@H]2OC(CO)[C@H](OC)[C@@H](O)C2O)C(O)[C@@H]1O. The van der Waals surface area contributed by atoms with Crippen LogP contribution < -0.4 is 0 Å². The first-order chi connectivity index (χ1) is 22.3. The van der Waals surface area contributed by atoms with Crippen LogP contribution in [0, 0.1) is 0 Å². The summed E-state index contributed by atoms with van der Waals surface area (Å²) in [5, 5.41) is 124. The lowest BCUT2D eigenvalue weighted by Crippen LogP contribution is -2.67. The maximum absolute atomic E-state index is 11.2. The van der Waals surface area contributed by atoms with Gasteiger partial charge < -0.3 is 104 Å². The zero-order chi connectivity index (χ0) is 34.7. The second-order valence-electron chi connectivity index (χ2n) is 11.6. The van der Waals surface area contributed by atoms with E-state index in [1.165, 1.54) is 14.2 Å². The molecular formula is C26H46O21. The van der Waals surface area contributed by atoms with E-state index in [1.54, 1.807) is 0 Å². The Hall–Kier alpha value is -0.840. The van der Waals surface area contributed by atoms with E-state index in [9.17, 15) is 61.3 Å². The molecular weight excluding hydrogens is 648 g/mol. The quantitative estimate of drug-likeness (QED) is 0.0902. The van der Waals surface area contributed by atoms with Crippen LogP contribution in [0.4, 0.5) is 0 Å². The number of aliphatic hydroxyl groups is 12. The Bertz CT molecular complexity index is 944. The van der Waals surface area contributed by atoms with Crippen molar-refractivity contribution in [3.8, 4) is 0 Å². The Kier molecular flexibility index (Phi) is 14.0. The maximum Gasteiger partial charge on any atom is 0.187 e. The van der Waals surface area contributed by atoms with Crippen molar-refractivity contribution in [2.75, 3.05) is 40.6 Å². The Morgan fingerprint density at radius 1 is 0.426 bits per heavy atom. The van der Waals surface area contributed by atoms with Crippen LogP contribution in [0.3, 0.4) is 0 Å². The fourth-order valence-electron chi connectivity index (χ4n) is 5.99. The summed E-state index contributed by atoms with van der Waals surface area (Å²) < 4.78 is 49.2. The van der Waals surface area contributed by atoms with E-state index >= 15 is 0 Å². The zero-order valence-electron chi connectivity index (χ0n) is 25.4. The van der Waals surface area contributed by atoms with Gasteiger partial charge in [-0.3, -0.25) is 0 Å².